The molecular weight excluding hydrogens is 278 g/mol. The first kappa shape index (κ1) is 11.9. The fourth-order valence-corrected chi connectivity index (χ4v) is 1.69. The number of hydrogen-bond donors (Lipinski definition) is 2. The summed E-state index contributed by atoms with van der Waals surface area (Å²) in [7, 11) is 0. The van der Waals surface area contributed by atoms with Crippen molar-refractivity contribution in [2.45, 2.75) is 13.5 Å². The minimum absolute atomic E-state index is 0.744. The van der Waals surface area contributed by atoms with Gasteiger partial charge in [0.1, 0.15) is 5.82 Å². The Kier molecular flexibility index (Phi) is 3.64. The van der Waals surface area contributed by atoms with Crippen molar-refractivity contribution >= 4 is 27.4 Å². The summed E-state index contributed by atoms with van der Waals surface area (Å²) in [5.74, 6) is 0.877. The van der Waals surface area contributed by atoms with Gasteiger partial charge in [-0.1, -0.05) is 12.1 Å². The number of nitrogen functional groups attached to an aromatic ring is 1. The molecule has 0 amide bonds. The molecule has 0 aliphatic rings. The molecule has 0 saturated heterocycles. The molecule has 1 aromatic heterocycles. The van der Waals surface area contributed by atoms with Crippen molar-refractivity contribution < 1.29 is 0 Å². The van der Waals surface area contributed by atoms with Crippen LogP contribution in [0.1, 0.15) is 11.3 Å². The minimum Gasteiger partial charge on any atom is -0.399 e. The average Bonchev–Trinajstić information content (AvgIpc) is 2.33. The Morgan fingerprint density at radius 1 is 1.18 bits per heavy atom. The van der Waals surface area contributed by atoms with E-state index in [2.05, 4.69) is 26.2 Å². The van der Waals surface area contributed by atoms with Gasteiger partial charge in [-0.25, -0.2) is 4.98 Å². The van der Waals surface area contributed by atoms with E-state index in [1.165, 1.54) is 5.56 Å². The zero-order valence-corrected chi connectivity index (χ0v) is 11.2. The van der Waals surface area contributed by atoms with Gasteiger partial charge in [0.05, 0.1) is 5.69 Å². The van der Waals surface area contributed by atoms with Crippen molar-refractivity contribution in [2.24, 2.45) is 0 Å². The predicted molar refractivity (Wildman–Crippen MR) is 74.9 cm³/mol. The van der Waals surface area contributed by atoms with Crippen LogP contribution in [0.2, 0.25) is 0 Å². The van der Waals surface area contributed by atoms with Crippen molar-refractivity contribution in [3.8, 4) is 0 Å². The third-order valence-electron chi connectivity index (χ3n) is 2.47. The molecule has 1 aromatic carbocycles. The molecular formula is C13H14BrN3. The summed E-state index contributed by atoms with van der Waals surface area (Å²) in [6.07, 6.45) is 0. The summed E-state index contributed by atoms with van der Waals surface area (Å²) in [5.41, 5.74) is 8.58. The van der Waals surface area contributed by atoms with Crippen LogP contribution in [0.3, 0.4) is 0 Å². The predicted octanol–water partition coefficient (Wildman–Crippen LogP) is 3.35. The lowest BCUT2D eigenvalue weighted by Crippen LogP contribution is -2.02. The molecule has 1 heterocycles. The number of rotatable bonds is 3. The van der Waals surface area contributed by atoms with Crippen LogP contribution < -0.4 is 11.1 Å². The van der Waals surface area contributed by atoms with Gasteiger partial charge in [-0.2, -0.15) is 0 Å². The van der Waals surface area contributed by atoms with Gasteiger partial charge in [-0.15, -0.1) is 0 Å². The molecule has 17 heavy (non-hydrogen) atoms. The average molecular weight is 292 g/mol. The SMILES string of the molecule is Cc1nc(NCc2ccc(N)cc2)ccc1Br. The standard InChI is InChI=1S/C13H14BrN3/c1-9-12(14)6-7-13(17-9)16-8-10-2-4-11(15)5-3-10/h2-7H,8,15H2,1H3,(H,16,17). The summed E-state index contributed by atoms with van der Waals surface area (Å²) < 4.78 is 1.02. The normalized spacial score (nSPS) is 10.2. The molecule has 3 N–H and O–H groups in total. The van der Waals surface area contributed by atoms with Gasteiger partial charge < -0.3 is 11.1 Å². The Balaban J connectivity index is 2.02. The van der Waals surface area contributed by atoms with Crippen LogP contribution in [0, 0.1) is 6.92 Å². The van der Waals surface area contributed by atoms with Crippen LogP contribution in [-0.2, 0) is 6.54 Å². The second-order valence-corrected chi connectivity index (χ2v) is 4.71. The maximum Gasteiger partial charge on any atom is 0.126 e. The van der Waals surface area contributed by atoms with E-state index in [0.29, 0.717) is 0 Å². The highest BCUT2D eigenvalue weighted by atomic mass is 79.9. The van der Waals surface area contributed by atoms with E-state index in [9.17, 15) is 0 Å². The van der Waals surface area contributed by atoms with Gasteiger partial charge in [0.25, 0.3) is 0 Å². The van der Waals surface area contributed by atoms with Gasteiger partial charge >= 0.3 is 0 Å². The number of anilines is 2. The Hall–Kier alpha value is -1.55. The van der Waals surface area contributed by atoms with Gasteiger partial charge in [0.2, 0.25) is 0 Å². The molecule has 0 saturated carbocycles. The quantitative estimate of drug-likeness (QED) is 0.853. The highest BCUT2D eigenvalue weighted by Crippen LogP contribution is 2.16. The molecule has 0 radical (unpaired) electrons. The Morgan fingerprint density at radius 3 is 2.53 bits per heavy atom. The first-order valence-corrected chi connectivity index (χ1v) is 6.16. The van der Waals surface area contributed by atoms with E-state index >= 15 is 0 Å². The lowest BCUT2D eigenvalue weighted by Gasteiger charge is -2.07. The molecule has 0 spiro atoms. The van der Waals surface area contributed by atoms with E-state index in [1.807, 2.05) is 43.3 Å². The Morgan fingerprint density at radius 2 is 1.88 bits per heavy atom. The third-order valence-corrected chi connectivity index (χ3v) is 3.31. The summed E-state index contributed by atoms with van der Waals surface area (Å²) in [5, 5.41) is 3.28. The molecule has 2 rings (SSSR count). The van der Waals surface area contributed by atoms with Crippen LogP contribution in [0.25, 0.3) is 0 Å². The van der Waals surface area contributed by atoms with E-state index in [0.717, 1.165) is 28.2 Å². The van der Waals surface area contributed by atoms with Crippen LogP contribution in [0.15, 0.2) is 40.9 Å². The van der Waals surface area contributed by atoms with Crippen LogP contribution in [0.4, 0.5) is 11.5 Å². The first-order chi connectivity index (χ1) is 8.15. The summed E-state index contributed by atoms with van der Waals surface area (Å²) in [4.78, 5) is 4.42. The number of benzene rings is 1. The number of pyridine rings is 1. The molecule has 0 aliphatic heterocycles. The van der Waals surface area contributed by atoms with Crippen molar-refractivity contribution in [1.29, 1.82) is 0 Å². The molecule has 0 atom stereocenters. The monoisotopic (exact) mass is 291 g/mol. The lowest BCUT2D eigenvalue weighted by molar-refractivity contribution is 1.08. The summed E-state index contributed by atoms with van der Waals surface area (Å²) in [6, 6.07) is 11.8. The lowest BCUT2D eigenvalue weighted by atomic mass is 10.2. The molecule has 0 fully saturated rings. The largest absolute Gasteiger partial charge is 0.399 e. The first-order valence-electron chi connectivity index (χ1n) is 5.36. The fraction of sp³-hybridized carbons (Fsp3) is 0.154. The maximum atomic E-state index is 5.63. The second kappa shape index (κ2) is 5.19. The van der Waals surface area contributed by atoms with Gasteiger partial charge in [-0.05, 0) is 52.7 Å². The number of aryl methyl sites for hydroxylation is 1. The van der Waals surface area contributed by atoms with Crippen molar-refractivity contribution in [2.75, 3.05) is 11.1 Å². The topological polar surface area (TPSA) is 50.9 Å². The number of nitrogens with one attached hydrogen (secondary N) is 1. The van der Waals surface area contributed by atoms with Crippen molar-refractivity contribution in [3.63, 3.8) is 0 Å². The summed E-state index contributed by atoms with van der Waals surface area (Å²) in [6.45, 7) is 2.72. The molecule has 2 aromatic rings. The Bertz CT molecular complexity index is 509. The molecule has 3 nitrogen and oxygen atoms in total. The van der Waals surface area contributed by atoms with Crippen LogP contribution in [0.5, 0.6) is 0 Å². The van der Waals surface area contributed by atoms with E-state index in [-0.39, 0.29) is 0 Å². The molecule has 88 valence electrons. The van der Waals surface area contributed by atoms with Crippen molar-refractivity contribution in [3.05, 3.63) is 52.1 Å². The molecule has 4 heteroatoms. The zero-order valence-electron chi connectivity index (χ0n) is 9.57. The van der Waals surface area contributed by atoms with Gasteiger partial charge in [0.15, 0.2) is 0 Å². The third kappa shape index (κ3) is 3.20. The van der Waals surface area contributed by atoms with Crippen LogP contribution >= 0.6 is 15.9 Å². The second-order valence-electron chi connectivity index (χ2n) is 3.86. The smallest absolute Gasteiger partial charge is 0.126 e. The number of nitrogens with two attached hydrogens (primary N) is 1. The van der Waals surface area contributed by atoms with E-state index in [4.69, 9.17) is 5.73 Å². The zero-order chi connectivity index (χ0) is 12.3. The van der Waals surface area contributed by atoms with Crippen LogP contribution in [-0.4, -0.2) is 4.98 Å². The molecule has 0 bridgehead atoms. The van der Waals surface area contributed by atoms with E-state index < -0.39 is 0 Å². The van der Waals surface area contributed by atoms with Crippen molar-refractivity contribution in [1.82, 2.24) is 4.98 Å². The van der Waals surface area contributed by atoms with Gasteiger partial charge in [-0.3, -0.25) is 0 Å². The number of nitrogens with zero attached hydrogens (tertiary/aromatic N) is 1. The van der Waals surface area contributed by atoms with E-state index in [1.54, 1.807) is 0 Å². The number of hydrogen-bond acceptors (Lipinski definition) is 3. The minimum atomic E-state index is 0.744. The highest BCUT2D eigenvalue weighted by molar-refractivity contribution is 9.10. The summed E-state index contributed by atoms with van der Waals surface area (Å²) >= 11 is 3.43. The number of aromatic nitrogens is 1. The highest BCUT2D eigenvalue weighted by Gasteiger charge is 1.99. The van der Waals surface area contributed by atoms with Gasteiger partial charge in [0, 0.05) is 16.7 Å². The number of halogens is 1. The fourth-order valence-electron chi connectivity index (χ4n) is 1.47. The molecule has 0 aliphatic carbocycles. The molecule has 0 unspecified atom stereocenters. The Labute approximate surface area is 109 Å². The maximum absolute atomic E-state index is 5.63.